The summed E-state index contributed by atoms with van der Waals surface area (Å²) in [5, 5.41) is 1.29. The second-order valence-electron chi connectivity index (χ2n) is 3.86. The summed E-state index contributed by atoms with van der Waals surface area (Å²) in [6.07, 6.45) is 0. The van der Waals surface area contributed by atoms with Gasteiger partial charge in [-0.3, -0.25) is 0 Å². The van der Waals surface area contributed by atoms with Gasteiger partial charge in [0.2, 0.25) is 9.04 Å². The molecule has 2 aromatic rings. The summed E-state index contributed by atoms with van der Waals surface area (Å²) in [7, 11) is 0.568. The van der Waals surface area contributed by atoms with Crippen molar-refractivity contribution in [2.45, 2.75) is 6.55 Å². The Bertz CT molecular complexity index is 453. The SMILES string of the molecule is CO[SiH](C)c1ccc(Oc2ccccc2)cc1. The maximum absolute atomic E-state index is 5.72. The molecular weight excluding hydrogens is 228 g/mol. The van der Waals surface area contributed by atoms with Gasteiger partial charge in [0.15, 0.2) is 0 Å². The number of hydrogen-bond donors (Lipinski definition) is 0. The van der Waals surface area contributed by atoms with Gasteiger partial charge in [-0.25, -0.2) is 0 Å². The van der Waals surface area contributed by atoms with Crippen LogP contribution in [0.2, 0.25) is 6.55 Å². The van der Waals surface area contributed by atoms with E-state index in [2.05, 4.69) is 18.7 Å². The van der Waals surface area contributed by atoms with E-state index in [0.717, 1.165) is 11.5 Å². The Labute approximate surface area is 104 Å². The summed E-state index contributed by atoms with van der Waals surface area (Å²) < 4.78 is 11.1. The molecule has 0 saturated carbocycles. The minimum absolute atomic E-state index is 0.859. The topological polar surface area (TPSA) is 18.5 Å². The van der Waals surface area contributed by atoms with E-state index in [9.17, 15) is 0 Å². The molecule has 1 atom stereocenters. The Hall–Kier alpha value is -1.58. The molecule has 0 aliphatic rings. The molecule has 3 heteroatoms. The number of para-hydroxylation sites is 1. The van der Waals surface area contributed by atoms with Gasteiger partial charge >= 0.3 is 0 Å². The highest BCUT2D eigenvalue weighted by atomic mass is 28.3. The van der Waals surface area contributed by atoms with Crippen molar-refractivity contribution in [2.24, 2.45) is 0 Å². The lowest BCUT2D eigenvalue weighted by Crippen LogP contribution is -2.28. The lowest BCUT2D eigenvalue weighted by Gasteiger charge is -2.09. The Morgan fingerprint density at radius 1 is 0.824 bits per heavy atom. The molecule has 2 nitrogen and oxygen atoms in total. The van der Waals surface area contributed by atoms with Crippen LogP contribution in [0.3, 0.4) is 0 Å². The van der Waals surface area contributed by atoms with Crippen molar-refractivity contribution in [3.8, 4) is 11.5 Å². The molecular formula is C14H16O2Si. The molecule has 0 N–H and O–H groups in total. The van der Waals surface area contributed by atoms with Crippen LogP contribution in [0.15, 0.2) is 54.6 Å². The van der Waals surface area contributed by atoms with Crippen LogP contribution in [-0.2, 0) is 4.43 Å². The van der Waals surface area contributed by atoms with Crippen LogP contribution in [0.5, 0.6) is 11.5 Å². The van der Waals surface area contributed by atoms with Crippen molar-refractivity contribution < 1.29 is 9.16 Å². The van der Waals surface area contributed by atoms with E-state index in [1.165, 1.54) is 5.19 Å². The van der Waals surface area contributed by atoms with Gasteiger partial charge in [0, 0.05) is 7.11 Å². The third-order valence-electron chi connectivity index (χ3n) is 2.68. The quantitative estimate of drug-likeness (QED) is 0.770. The molecule has 0 spiro atoms. The first-order chi connectivity index (χ1) is 8.29. The highest BCUT2D eigenvalue weighted by Crippen LogP contribution is 2.19. The molecule has 0 heterocycles. The van der Waals surface area contributed by atoms with E-state index >= 15 is 0 Å². The first-order valence-corrected chi connectivity index (χ1v) is 7.85. The molecule has 2 aromatic carbocycles. The van der Waals surface area contributed by atoms with Gasteiger partial charge in [-0.05, 0) is 36.0 Å². The molecule has 0 aromatic heterocycles. The zero-order chi connectivity index (χ0) is 12.1. The largest absolute Gasteiger partial charge is 0.457 e. The standard InChI is InChI=1S/C14H16O2Si/c1-15-17(2)14-10-8-13(9-11-14)16-12-6-4-3-5-7-12/h3-11,17H,1-2H3. The zero-order valence-corrected chi connectivity index (χ0v) is 11.2. The Morgan fingerprint density at radius 2 is 1.41 bits per heavy atom. The van der Waals surface area contributed by atoms with Crippen LogP contribution < -0.4 is 9.92 Å². The smallest absolute Gasteiger partial charge is 0.204 e. The van der Waals surface area contributed by atoms with E-state index in [0.29, 0.717) is 0 Å². The minimum Gasteiger partial charge on any atom is -0.457 e. The first kappa shape index (κ1) is 11.9. The van der Waals surface area contributed by atoms with Gasteiger partial charge in [0.1, 0.15) is 11.5 Å². The maximum Gasteiger partial charge on any atom is 0.204 e. The number of benzene rings is 2. The van der Waals surface area contributed by atoms with Crippen molar-refractivity contribution in [3.05, 3.63) is 54.6 Å². The lowest BCUT2D eigenvalue weighted by atomic mass is 10.3. The molecule has 17 heavy (non-hydrogen) atoms. The van der Waals surface area contributed by atoms with Crippen molar-refractivity contribution in [3.63, 3.8) is 0 Å². The molecule has 2 rings (SSSR count). The van der Waals surface area contributed by atoms with Gasteiger partial charge in [0.25, 0.3) is 0 Å². The van der Waals surface area contributed by atoms with Crippen molar-refractivity contribution in [1.82, 2.24) is 0 Å². The highest BCUT2D eigenvalue weighted by molar-refractivity contribution is 6.66. The van der Waals surface area contributed by atoms with Gasteiger partial charge in [-0.1, -0.05) is 30.3 Å². The maximum atomic E-state index is 5.72. The fourth-order valence-corrected chi connectivity index (χ4v) is 2.57. The number of hydrogen-bond acceptors (Lipinski definition) is 2. The van der Waals surface area contributed by atoms with Crippen molar-refractivity contribution >= 4 is 14.2 Å². The van der Waals surface area contributed by atoms with Gasteiger partial charge in [-0.2, -0.15) is 0 Å². The van der Waals surface area contributed by atoms with E-state index in [4.69, 9.17) is 9.16 Å². The molecule has 0 aliphatic carbocycles. The number of ether oxygens (including phenoxy) is 1. The van der Waals surface area contributed by atoms with Crippen LogP contribution in [0, 0.1) is 0 Å². The molecule has 0 amide bonds. The van der Waals surface area contributed by atoms with Crippen LogP contribution in [0.1, 0.15) is 0 Å². The van der Waals surface area contributed by atoms with Crippen molar-refractivity contribution in [1.29, 1.82) is 0 Å². The summed E-state index contributed by atoms with van der Waals surface area (Å²) in [6, 6.07) is 17.9. The Balaban J connectivity index is 2.08. The lowest BCUT2D eigenvalue weighted by molar-refractivity contribution is 0.434. The average Bonchev–Trinajstić information content (AvgIpc) is 2.40. The second kappa shape index (κ2) is 5.66. The second-order valence-corrected chi connectivity index (χ2v) is 6.28. The molecule has 0 fully saturated rings. The van der Waals surface area contributed by atoms with Gasteiger partial charge in [-0.15, -0.1) is 0 Å². The minimum atomic E-state index is -1.20. The highest BCUT2D eigenvalue weighted by Gasteiger charge is 2.06. The predicted molar refractivity (Wildman–Crippen MR) is 72.6 cm³/mol. The van der Waals surface area contributed by atoms with Crippen LogP contribution in [0.25, 0.3) is 0 Å². The normalized spacial score (nSPS) is 12.1. The summed E-state index contributed by atoms with van der Waals surface area (Å²) in [5.74, 6) is 1.72. The predicted octanol–water partition coefficient (Wildman–Crippen LogP) is 2.69. The van der Waals surface area contributed by atoms with Crippen LogP contribution in [0.4, 0.5) is 0 Å². The van der Waals surface area contributed by atoms with E-state index in [-0.39, 0.29) is 0 Å². The molecule has 0 radical (unpaired) electrons. The van der Waals surface area contributed by atoms with Gasteiger partial charge in [0.05, 0.1) is 0 Å². The summed E-state index contributed by atoms with van der Waals surface area (Å²) in [4.78, 5) is 0. The number of rotatable bonds is 4. The third kappa shape index (κ3) is 3.19. The van der Waals surface area contributed by atoms with E-state index in [1.54, 1.807) is 7.11 Å². The average molecular weight is 244 g/mol. The van der Waals surface area contributed by atoms with E-state index < -0.39 is 9.04 Å². The molecule has 0 saturated heterocycles. The van der Waals surface area contributed by atoms with Gasteiger partial charge < -0.3 is 9.16 Å². The summed E-state index contributed by atoms with van der Waals surface area (Å²) >= 11 is 0. The summed E-state index contributed by atoms with van der Waals surface area (Å²) in [5.41, 5.74) is 0. The Morgan fingerprint density at radius 3 is 2.00 bits per heavy atom. The fraction of sp³-hybridized carbons (Fsp3) is 0.143. The summed E-state index contributed by atoms with van der Waals surface area (Å²) in [6.45, 7) is 2.16. The molecule has 1 unspecified atom stereocenters. The first-order valence-electron chi connectivity index (χ1n) is 5.65. The molecule has 88 valence electrons. The third-order valence-corrected chi connectivity index (χ3v) is 4.71. The zero-order valence-electron chi connectivity index (χ0n) is 10.1. The molecule has 0 aliphatic heterocycles. The van der Waals surface area contributed by atoms with Crippen molar-refractivity contribution in [2.75, 3.05) is 7.11 Å². The fourth-order valence-electron chi connectivity index (χ4n) is 1.57. The van der Waals surface area contributed by atoms with Crippen LogP contribution >= 0.6 is 0 Å². The molecule has 0 bridgehead atoms. The van der Waals surface area contributed by atoms with Crippen LogP contribution in [-0.4, -0.2) is 16.2 Å². The van der Waals surface area contributed by atoms with E-state index in [1.807, 2.05) is 42.5 Å². The Kier molecular flexibility index (Phi) is 3.96. The monoisotopic (exact) mass is 244 g/mol.